The molecule has 1 rings (SSSR count). The van der Waals surface area contributed by atoms with Crippen molar-refractivity contribution in [3.63, 3.8) is 0 Å². The van der Waals surface area contributed by atoms with Crippen LogP contribution in [0.2, 0.25) is 0 Å². The van der Waals surface area contributed by atoms with Gasteiger partial charge in [0, 0.05) is 32.3 Å². The van der Waals surface area contributed by atoms with Crippen LogP contribution in [-0.2, 0) is 4.79 Å². The predicted octanol–water partition coefficient (Wildman–Crippen LogP) is 0.690. The molecule has 0 bridgehead atoms. The highest BCUT2D eigenvalue weighted by Crippen LogP contribution is 2.18. The van der Waals surface area contributed by atoms with Crippen molar-refractivity contribution in [2.75, 3.05) is 14.1 Å². The summed E-state index contributed by atoms with van der Waals surface area (Å²) in [5.41, 5.74) is 3.90. The van der Waals surface area contributed by atoms with E-state index >= 15 is 0 Å². The fourth-order valence-corrected chi connectivity index (χ4v) is 1.10. The summed E-state index contributed by atoms with van der Waals surface area (Å²) >= 11 is 0. The summed E-state index contributed by atoms with van der Waals surface area (Å²) in [6.07, 6.45) is 4.47. The number of allylic oxidation sites excluding steroid dienone is 1. The van der Waals surface area contributed by atoms with Gasteiger partial charge < -0.3 is 5.43 Å². The average molecular weight is 154 g/mol. The van der Waals surface area contributed by atoms with E-state index in [2.05, 4.69) is 5.43 Å². The Hall–Kier alpha value is -0.830. The lowest BCUT2D eigenvalue weighted by molar-refractivity contribution is -0.114. The molecule has 1 saturated carbocycles. The van der Waals surface area contributed by atoms with Gasteiger partial charge in [0.25, 0.3) is 0 Å². The molecule has 0 amide bonds. The molecule has 62 valence electrons. The second kappa shape index (κ2) is 3.53. The predicted molar refractivity (Wildman–Crippen MR) is 43.8 cm³/mol. The maximum absolute atomic E-state index is 11.1. The van der Waals surface area contributed by atoms with E-state index in [1.165, 1.54) is 0 Å². The Bertz CT molecular complexity index is 185. The molecular weight excluding hydrogens is 140 g/mol. The number of nitrogens with zero attached hydrogens (tertiary/aromatic N) is 1. The third-order valence-corrected chi connectivity index (χ3v) is 1.71. The van der Waals surface area contributed by atoms with Gasteiger partial charge in [-0.15, -0.1) is 0 Å². The quantitative estimate of drug-likeness (QED) is 0.469. The van der Waals surface area contributed by atoms with Gasteiger partial charge in [-0.2, -0.15) is 0 Å². The van der Waals surface area contributed by atoms with Crippen molar-refractivity contribution < 1.29 is 4.79 Å². The Morgan fingerprint density at radius 2 is 2.18 bits per heavy atom. The molecule has 11 heavy (non-hydrogen) atoms. The van der Waals surface area contributed by atoms with E-state index in [0.717, 1.165) is 24.8 Å². The van der Waals surface area contributed by atoms with Crippen LogP contribution in [-0.4, -0.2) is 24.9 Å². The number of hydrogen-bond acceptors (Lipinski definition) is 3. The number of carbonyl (C=O) groups excluding carboxylic acids is 1. The minimum atomic E-state index is 0.291. The van der Waals surface area contributed by atoms with Crippen molar-refractivity contribution >= 4 is 5.78 Å². The van der Waals surface area contributed by atoms with Crippen LogP contribution in [0, 0.1) is 0 Å². The number of carbonyl (C=O) groups is 1. The lowest BCUT2D eigenvalue weighted by atomic mass is 10.2. The van der Waals surface area contributed by atoms with Gasteiger partial charge in [-0.3, -0.25) is 4.79 Å². The Morgan fingerprint density at radius 3 is 2.64 bits per heavy atom. The zero-order valence-electron chi connectivity index (χ0n) is 7.05. The number of ketones is 1. The molecule has 3 heteroatoms. The molecule has 0 atom stereocenters. The highest BCUT2D eigenvalue weighted by atomic mass is 16.1. The highest BCUT2D eigenvalue weighted by Gasteiger charge is 2.16. The fraction of sp³-hybridized carbons (Fsp3) is 0.625. The van der Waals surface area contributed by atoms with Crippen molar-refractivity contribution in [2.45, 2.75) is 19.3 Å². The molecule has 1 fully saturated rings. The standard InChI is InChI=1S/C8H14N2O/c1-10(2)9-6-7-4-3-5-8(7)11/h6,9H,3-5H2,1-2H3/b7-6-. The molecule has 0 aliphatic heterocycles. The summed E-state index contributed by atoms with van der Waals surface area (Å²) in [5, 5.41) is 1.82. The minimum absolute atomic E-state index is 0.291. The van der Waals surface area contributed by atoms with Gasteiger partial charge >= 0.3 is 0 Å². The summed E-state index contributed by atoms with van der Waals surface area (Å²) < 4.78 is 0. The second-order valence-electron chi connectivity index (χ2n) is 2.97. The summed E-state index contributed by atoms with van der Waals surface area (Å²) in [7, 11) is 3.80. The van der Waals surface area contributed by atoms with E-state index < -0.39 is 0 Å². The topological polar surface area (TPSA) is 32.3 Å². The maximum Gasteiger partial charge on any atom is 0.160 e. The number of rotatable bonds is 2. The summed E-state index contributed by atoms with van der Waals surface area (Å²) in [4.78, 5) is 11.1. The maximum atomic E-state index is 11.1. The third-order valence-electron chi connectivity index (χ3n) is 1.71. The van der Waals surface area contributed by atoms with Crippen molar-refractivity contribution in [3.05, 3.63) is 11.8 Å². The van der Waals surface area contributed by atoms with E-state index in [0.29, 0.717) is 5.78 Å². The van der Waals surface area contributed by atoms with Gasteiger partial charge in [0.05, 0.1) is 0 Å². The second-order valence-corrected chi connectivity index (χ2v) is 2.97. The van der Waals surface area contributed by atoms with Crippen LogP contribution in [0.5, 0.6) is 0 Å². The van der Waals surface area contributed by atoms with Gasteiger partial charge in [-0.25, -0.2) is 5.01 Å². The van der Waals surface area contributed by atoms with Crippen molar-refractivity contribution in [1.29, 1.82) is 0 Å². The summed E-state index contributed by atoms with van der Waals surface area (Å²) in [6.45, 7) is 0. The molecule has 0 aromatic carbocycles. The molecule has 1 N–H and O–H groups in total. The smallest absolute Gasteiger partial charge is 0.160 e. The van der Waals surface area contributed by atoms with Crippen molar-refractivity contribution in [2.24, 2.45) is 0 Å². The zero-order chi connectivity index (χ0) is 8.27. The van der Waals surface area contributed by atoms with Crippen LogP contribution in [0.25, 0.3) is 0 Å². The molecular formula is C8H14N2O. The normalized spacial score (nSPS) is 21.7. The van der Waals surface area contributed by atoms with Crippen LogP contribution in [0.1, 0.15) is 19.3 Å². The number of Topliss-reactive ketones (excluding diaryl/α,β-unsaturated/α-hetero) is 1. The van der Waals surface area contributed by atoms with Crippen molar-refractivity contribution in [3.8, 4) is 0 Å². The summed E-state index contributed by atoms with van der Waals surface area (Å²) in [6, 6.07) is 0. The minimum Gasteiger partial charge on any atom is -0.326 e. The van der Waals surface area contributed by atoms with Crippen LogP contribution >= 0.6 is 0 Å². The van der Waals surface area contributed by atoms with Crippen LogP contribution in [0.3, 0.4) is 0 Å². The lowest BCUT2D eigenvalue weighted by Crippen LogP contribution is -2.25. The van der Waals surface area contributed by atoms with Gasteiger partial charge in [-0.1, -0.05) is 0 Å². The average Bonchev–Trinajstić information content (AvgIpc) is 2.31. The first kappa shape index (κ1) is 8.27. The van der Waals surface area contributed by atoms with Gasteiger partial charge in [0.1, 0.15) is 0 Å². The molecule has 0 aromatic heterocycles. The Labute approximate surface area is 67.0 Å². The molecule has 0 aromatic rings. The molecule has 0 saturated heterocycles. The Morgan fingerprint density at radius 1 is 1.45 bits per heavy atom. The van der Waals surface area contributed by atoms with E-state index in [-0.39, 0.29) is 0 Å². The Kier molecular flexibility index (Phi) is 2.65. The largest absolute Gasteiger partial charge is 0.326 e. The Balaban J connectivity index is 2.45. The van der Waals surface area contributed by atoms with Crippen molar-refractivity contribution in [1.82, 2.24) is 10.4 Å². The fourth-order valence-electron chi connectivity index (χ4n) is 1.10. The molecule has 0 unspecified atom stereocenters. The molecule has 1 aliphatic carbocycles. The highest BCUT2D eigenvalue weighted by molar-refractivity contribution is 5.97. The van der Waals surface area contributed by atoms with Crippen LogP contribution in [0.15, 0.2) is 11.8 Å². The molecule has 0 radical (unpaired) electrons. The van der Waals surface area contributed by atoms with E-state index in [1.54, 1.807) is 6.20 Å². The van der Waals surface area contributed by atoms with Crippen LogP contribution < -0.4 is 5.43 Å². The zero-order valence-corrected chi connectivity index (χ0v) is 7.05. The van der Waals surface area contributed by atoms with Crippen LogP contribution in [0.4, 0.5) is 0 Å². The number of nitrogens with one attached hydrogen (secondary N) is 1. The number of hydrazine groups is 1. The van der Waals surface area contributed by atoms with Gasteiger partial charge in [0.15, 0.2) is 5.78 Å². The van der Waals surface area contributed by atoms with Gasteiger partial charge in [-0.05, 0) is 12.8 Å². The summed E-state index contributed by atoms with van der Waals surface area (Å²) in [5.74, 6) is 0.291. The van der Waals surface area contributed by atoms with E-state index in [9.17, 15) is 4.79 Å². The molecule has 1 aliphatic rings. The van der Waals surface area contributed by atoms with Gasteiger partial charge in [0.2, 0.25) is 0 Å². The van der Waals surface area contributed by atoms with E-state index in [1.807, 2.05) is 19.1 Å². The first-order valence-electron chi connectivity index (χ1n) is 3.86. The molecule has 0 heterocycles. The first-order valence-corrected chi connectivity index (χ1v) is 3.86. The monoisotopic (exact) mass is 154 g/mol. The third kappa shape index (κ3) is 2.35. The number of hydrogen-bond donors (Lipinski definition) is 1. The lowest BCUT2D eigenvalue weighted by Gasteiger charge is -2.08. The van der Waals surface area contributed by atoms with E-state index in [4.69, 9.17) is 0 Å². The first-order chi connectivity index (χ1) is 5.20. The molecule has 0 spiro atoms. The molecule has 3 nitrogen and oxygen atoms in total. The SMILES string of the molecule is CN(C)N/C=C1/CCCC1=O.